The van der Waals surface area contributed by atoms with Crippen LogP contribution in [0, 0.1) is 0 Å². The van der Waals surface area contributed by atoms with Crippen LogP contribution < -0.4 is 19.5 Å². The van der Waals surface area contributed by atoms with Crippen molar-refractivity contribution in [1.82, 2.24) is 14.8 Å². The van der Waals surface area contributed by atoms with Gasteiger partial charge in [-0.25, -0.2) is 9.48 Å². The summed E-state index contributed by atoms with van der Waals surface area (Å²) in [5.74, 6) is 2.49. The van der Waals surface area contributed by atoms with E-state index in [0.29, 0.717) is 34.5 Å². The molecule has 0 saturated carbocycles. The maximum Gasteiger partial charge on any atom is 0.338 e. The van der Waals surface area contributed by atoms with E-state index in [0.717, 1.165) is 16.9 Å². The number of rotatable bonds is 7. The Morgan fingerprint density at radius 3 is 2.39 bits per heavy atom. The Bertz CT molecular complexity index is 1200. The number of fused-ring (bicyclic) bond motifs is 1. The fourth-order valence-corrected chi connectivity index (χ4v) is 3.82. The van der Waals surface area contributed by atoms with Gasteiger partial charge in [-0.2, -0.15) is 4.98 Å². The van der Waals surface area contributed by atoms with Gasteiger partial charge in [-0.1, -0.05) is 6.07 Å². The van der Waals surface area contributed by atoms with Gasteiger partial charge in [0.05, 0.1) is 33.5 Å². The number of benzene rings is 2. The first-order valence-electron chi connectivity index (χ1n) is 10.5. The van der Waals surface area contributed by atoms with E-state index in [1.54, 1.807) is 39.0 Å². The topological polar surface area (TPSA) is 96.7 Å². The molecular formula is C24H26N4O5. The molecule has 1 atom stereocenters. The van der Waals surface area contributed by atoms with Gasteiger partial charge in [-0.15, -0.1) is 5.10 Å². The number of allylic oxidation sites excluding steroid dienone is 1. The van der Waals surface area contributed by atoms with Crippen molar-refractivity contribution in [2.24, 2.45) is 0 Å². The summed E-state index contributed by atoms with van der Waals surface area (Å²) < 4.78 is 23.2. The first-order chi connectivity index (χ1) is 16.0. The fourth-order valence-electron chi connectivity index (χ4n) is 3.82. The maximum atomic E-state index is 13.0. The summed E-state index contributed by atoms with van der Waals surface area (Å²) in [6, 6.07) is 12.4. The summed E-state index contributed by atoms with van der Waals surface area (Å²) in [4.78, 5) is 17.7. The Balaban J connectivity index is 1.85. The third kappa shape index (κ3) is 4.09. The predicted molar refractivity (Wildman–Crippen MR) is 123 cm³/mol. The Labute approximate surface area is 191 Å². The molecule has 0 aliphatic carbocycles. The average molecular weight is 450 g/mol. The Hall–Kier alpha value is -4.01. The number of nitrogens with zero attached hydrogens (tertiary/aromatic N) is 3. The molecule has 1 aliphatic heterocycles. The standard InChI is InChI=1S/C24H26N4O5/c1-6-33-23(29)20-14(2)25-24-26-22(15-7-10-17(30-3)11-8-15)27-28(24)21(20)16-9-12-18(31-4)19(13-16)32-5/h7-13,21H,6H2,1-5H3,(H,25,26,27). The van der Waals surface area contributed by atoms with E-state index in [9.17, 15) is 4.79 Å². The molecule has 0 amide bonds. The highest BCUT2D eigenvalue weighted by molar-refractivity contribution is 5.92. The fraction of sp³-hybridized carbons (Fsp3) is 0.292. The van der Waals surface area contributed by atoms with Crippen molar-refractivity contribution in [2.75, 3.05) is 33.3 Å². The van der Waals surface area contributed by atoms with Crippen molar-refractivity contribution in [3.63, 3.8) is 0 Å². The highest BCUT2D eigenvalue weighted by Crippen LogP contribution is 2.39. The molecule has 0 radical (unpaired) electrons. The number of esters is 1. The van der Waals surface area contributed by atoms with Crippen LogP contribution >= 0.6 is 0 Å². The van der Waals surface area contributed by atoms with E-state index in [-0.39, 0.29) is 6.61 Å². The van der Waals surface area contributed by atoms with Crippen molar-refractivity contribution in [3.05, 3.63) is 59.3 Å². The summed E-state index contributed by atoms with van der Waals surface area (Å²) in [6.45, 7) is 3.86. The quantitative estimate of drug-likeness (QED) is 0.543. The van der Waals surface area contributed by atoms with Gasteiger partial charge in [0, 0.05) is 11.3 Å². The van der Waals surface area contributed by atoms with E-state index in [4.69, 9.17) is 24.0 Å². The van der Waals surface area contributed by atoms with Gasteiger partial charge in [0.15, 0.2) is 17.3 Å². The number of carbonyl (C=O) groups is 1. The highest BCUT2D eigenvalue weighted by Gasteiger charge is 2.35. The Morgan fingerprint density at radius 1 is 1.03 bits per heavy atom. The molecule has 172 valence electrons. The molecule has 1 unspecified atom stereocenters. The second-order valence-corrected chi connectivity index (χ2v) is 7.33. The van der Waals surface area contributed by atoms with Gasteiger partial charge in [-0.3, -0.25) is 0 Å². The summed E-state index contributed by atoms with van der Waals surface area (Å²) in [5, 5.41) is 7.95. The number of nitrogens with one attached hydrogen (secondary N) is 1. The van der Waals surface area contributed by atoms with E-state index in [2.05, 4.69) is 10.3 Å². The van der Waals surface area contributed by atoms with Crippen LogP contribution in [0.1, 0.15) is 25.5 Å². The van der Waals surface area contributed by atoms with Gasteiger partial charge in [0.2, 0.25) is 5.95 Å². The highest BCUT2D eigenvalue weighted by atomic mass is 16.5. The van der Waals surface area contributed by atoms with Gasteiger partial charge >= 0.3 is 5.97 Å². The van der Waals surface area contributed by atoms with Crippen LogP contribution in [0.3, 0.4) is 0 Å². The van der Waals surface area contributed by atoms with Crippen molar-refractivity contribution in [2.45, 2.75) is 19.9 Å². The van der Waals surface area contributed by atoms with Crippen molar-refractivity contribution in [1.29, 1.82) is 0 Å². The first-order valence-corrected chi connectivity index (χ1v) is 10.5. The number of aromatic nitrogens is 3. The first kappa shape index (κ1) is 22.2. The number of methoxy groups -OCH3 is 3. The monoisotopic (exact) mass is 450 g/mol. The van der Waals surface area contributed by atoms with Crippen LogP contribution in [0.2, 0.25) is 0 Å². The molecule has 9 heteroatoms. The van der Waals surface area contributed by atoms with Crippen LogP contribution in [-0.4, -0.2) is 48.7 Å². The van der Waals surface area contributed by atoms with Crippen LogP contribution in [0.25, 0.3) is 11.4 Å². The summed E-state index contributed by atoms with van der Waals surface area (Å²) in [7, 11) is 4.76. The van der Waals surface area contributed by atoms with Gasteiger partial charge < -0.3 is 24.3 Å². The number of ether oxygens (including phenoxy) is 4. The lowest BCUT2D eigenvalue weighted by Gasteiger charge is -2.28. The smallest absolute Gasteiger partial charge is 0.338 e. The molecule has 3 aromatic rings. The molecule has 4 rings (SSSR count). The predicted octanol–water partition coefficient (Wildman–Crippen LogP) is 3.82. The average Bonchev–Trinajstić information content (AvgIpc) is 3.26. The van der Waals surface area contributed by atoms with E-state index in [1.807, 2.05) is 43.3 Å². The molecule has 33 heavy (non-hydrogen) atoms. The molecule has 1 aliphatic rings. The molecule has 0 bridgehead atoms. The van der Waals surface area contributed by atoms with Gasteiger partial charge in [0.25, 0.3) is 0 Å². The number of hydrogen-bond acceptors (Lipinski definition) is 8. The Morgan fingerprint density at radius 2 is 1.76 bits per heavy atom. The molecule has 9 nitrogen and oxygen atoms in total. The lowest BCUT2D eigenvalue weighted by atomic mass is 9.95. The van der Waals surface area contributed by atoms with Crippen LogP contribution in [-0.2, 0) is 9.53 Å². The van der Waals surface area contributed by atoms with Gasteiger partial charge in [0.1, 0.15) is 11.8 Å². The SMILES string of the molecule is CCOC(=O)C1=C(C)Nc2nc(-c3ccc(OC)cc3)nn2C1c1ccc(OC)c(OC)c1. The number of anilines is 1. The molecule has 0 saturated heterocycles. The van der Waals surface area contributed by atoms with Gasteiger partial charge in [-0.05, 0) is 55.8 Å². The molecule has 1 aromatic heterocycles. The minimum absolute atomic E-state index is 0.260. The summed E-state index contributed by atoms with van der Waals surface area (Å²) in [5.41, 5.74) is 2.70. The molecular weight excluding hydrogens is 424 g/mol. The lowest BCUT2D eigenvalue weighted by molar-refractivity contribution is -0.139. The molecule has 1 N–H and O–H groups in total. The summed E-state index contributed by atoms with van der Waals surface area (Å²) >= 11 is 0. The van der Waals surface area contributed by atoms with Crippen LogP contribution in [0.5, 0.6) is 17.2 Å². The van der Waals surface area contributed by atoms with E-state index < -0.39 is 12.0 Å². The number of carbonyl (C=O) groups excluding carboxylic acids is 1. The number of hydrogen-bond donors (Lipinski definition) is 1. The largest absolute Gasteiger partial charge is 0.497 e. The van der Waals surface area contributed by atoms with Crippen LogP contribution in [0.4, 0.5) is 5.95 Å². The van der Waals surface area contributed by atoms with Crippen LogP contribution in [0.15, 0.2) is 53.7 Å². The Kier molecular flexibility index (Phi) is 6.21. The minimum atomic E-state index is -0.570. The maximum absolute atomic E-state index is 13.0. The van der Waals surface area contributed by atoms with E-state index >= 15 is 0 Å². The zero-order chi connectivity index (χ0) is 23.5. The lowest BCUT2D eigenvalue weighted by Crippen LogP contribution is -2.29. The third-order valence-corrected chi connectivity index (χ3v) is 5.42. The molecule has 0 fully saturated rings. The van der Waals surface area contributed by atoms with Crippen molar-refractivity contribution < 1.29 is 23.7 Å². The summed E-state index contributed by atoms with van der Waals surface area (Å²) in [6.07, 6.45) is 0. The third-order valence-electron chi connectivity index (χ3n) is 5.42. The van der Waals surface area contributed by atoms with Crippen molar-refractivity contribution >= 4 is 11.9 Å². The molecule has 2 heterocycles. The molecule has 0 spiro atoms. The van der Waals surface area contributed by atoms with Crippen molar-refractivity contribution in [3.8, 4) is 28.6 Å². The zero-order valence-electron chi connectivity index (χ0n) is 19.2. The zero-order valence-corrected chi connectivity index (χ0v) is 19.2. The minimum Gasteiger partial charge on any atom is -0.497 e. The molecule has 2 aromatic carbocycles. The second-order valence-electron chi connectivity index (χ2n) is 7.33. The second kappa shape index (κ2) is 9.23. The normalized spacial score (nSPS) is 14.9. The van der Waals surface area contributed by atoms with E-state index in [1.165, 1.54) is 0 Å².